The van der Waals surface area contributed by atoms with Crippen LogP contribution in [0.15, 0.2) is 59.9 Å². The number of nitrogens with one attached hydrogen (secondary N) is 1. The van der Waals surface area contributed by atoms with Crippen LogP contribution in [0.5, 0.6) is 0 Å². The molecule has 6 nitrogen and oxygen atoms in total. The number of amidine groups is 1. The Labute approximate surface area is 155 Å². The van der Waals surface area contributed by atoms with E-state index in [4.69, 9.17) is 0 Å². The highest BCUT2D eigenvalue weighted by Gasteiger charge is 2.30. The second-order valence-corrected chi connectivity index (χ2v) is 7.18. The van der Waals surface area contributed by atoms with Gasteiger partial charge in [-0.05, 0) is 17.7 Å². The van der Waals surface area contributed by atoms with Crippen LogP contribution >= 0.6 is 11.8 Å². The molecule has 0 amide bonds. The molecule has 3 heterocycles. The van der Waals surface area contributed by atoms with E-state index in [0.29, 0.717) is 12.1 Å². The lowest BCUT2D eigenvalue weighted by molar-refractivity contribution is 0.178. The number of hydrogen-bond acceptors (Lipinski definition) is 5. The number of pyridine rings is 1. The Bertz CT molecular complexity index is 912. The molecule has 1 aliphatic heterocycles. The molecule has 0 bridgehead atoms. The van der Waals surface area contributed by atoms with Crippen molar-refractivity contribution in [2.45, 2.75) is 18.8 Å². The van der Waals surface area contributed by atoms with Crippen LogP contribution in [0.4, 0.5) is 0 Å². The highest BCUT2D eigenvalue weighted by atomic mass is 32.2. The predicted octanol–water partition coefficient (Wildman–Crippen LogP) is 2.52. The Morgan fingerprint density at radius 1 is 1.27 bits per heavy atom. The van der Waals surface area contributed by atoms with Crippen molar-refractivity contribution in [3.8, 4) is 0 Å². The number of fused-ring (bicyclic) bond motifs is 1. The lowest BCUT2D eigenvalue weighted by Gasteiger charge is -2.25. The number of thioether (sulfide) groups is 1. The zero-order valence-electron chi connectivity index (χ0n) is 14.1. The zero-order valence-corrected chi connectivity index (χ0v) is 14.9. The third-order valence-corrected chi connectivity index (χ3v) is 5.64. The quantitative estimate of drug-likeness (QED) is 0.644. The van der Waals surface area contributed by atoms with Gasteiger partial charge in [0.05, 0.1) is 12.6 Å². The number of rotatable bonds is 5. The second-order valence-electron chi connectivity index (χ2n) is 6.19. The van der Waals surface area contributed by atoms with Crippen molar-refractivity contribution >= 4 is 28.0 Å². The fraction of sp³-hybridized carbons (Fsp3) is 0.263. The van der Waals surface area contributed by atoms with Crippen LogP contribution in [0.3, 0.4) is 0 Å². The molecule has 1 saturated heterocycles. The van der Waals surface area contributed by atoms with Crippen LogP contribution < -0.4 is 0 Å². The van der Waals surface area contributed by atoms with Gasteiger partial charge in [-0.3, -0.25) is 0 Å². The summed E-state index contributed by atoms with van der Waals surface area (Å²) >= 11 is 1.56. The number of aliphatic imine (C=N–C) groups is 1. The van der Waals surface area contributed by atoms with Crippen molar-refractivity contribution in [2.75, 3.05) is 12.4 Å². The number of aliphatic hydroxyl groups is 2. The van der Waals surface area contributed by atoms with Crippen LogP contribution in [0.25, 0.3) is 11.0 Å². The Hall–Kier alpha value is -2.35. The molecule has 2 atom stereocenters. The summed E-state index contributed by atoms with van der Waals surface area (Å²) in [7, 11) is 0. The van der Waals surface area contributed by atoms with Crippen LogP contribution in [0, 0.1) is 0 Å². The topological polar surface area (TPSA) is 84.7 Å². The van der Waals surface area contributed by atoms with E-state index in [1.54, 1.807) is 24.2 Å². The summed E-state index contributed by atoms with van der Waals surface area (Å²) in [6.07, 6.45) is 2.48. The molecule has 0 aliphatic carbocycles. The van der Waals surface area contributed by atoms with E-state index in [9.17, 15) is 10.2 Å². The predicted molar refractivity (Wildman–Crippen MR) is 104 cm³/mol. The van der Waals surface area contributed by atoms with Crippen molar-refractivity contribution in [1.29, 1.82) is 0 Å². The lowest BCUT2D eigenvalue weighted by Crippen LogP contribution is -2.36. The molecule has 0 saturated carbocycles. The maximum atomic E-state index is 10.7. The molecule has 7 heteroatoms. The van der Waals surface area contributed by atoms with Gasteiger partial charge in [0.15, 0.2) is 11.4 Å². The largest absolute Gasteiger partial charge is 0.394 e. The molecule has 0 spiro atoms. The van der Waals surface area contributed by atoms with Crippen molar-refractivity contribution in [3.05, 3.63) is 66.0 Å². The highest BCUT2D eigenvalue weighted by Crippen LogP contribution is 2.30. The fourth-order valence-corrected chi connectivity index (χ4v) is 4.28. The maximum Gasteiger partial charge on any atom is 0.176 e. The normalized spacial score (nSPS) is 20.2. The number of H-pyrrole nitrogens is 1. The minimum atomic E-state index is -0.980. The van der Waals surface area contributed by atoms with E-state index in [-0.39, 0.29) is 12.6 Å². The van der Waals surface area contributed by atoms with Gasteiger partial charge in [-0.2, -0.15) is 0 Å². The third-order valence-electron chi connectivity index (χ3n) is 4.49. The molecule has 134 valence electrons. The van der Waals surface area contributed by atoms with Gasteiger partial charge in [-0.1, -0.05) is 42.1 Å². The molecule has 4 rings (SSSR count). The summed E-state index contributed by atoms with van der Waals surface area (Å²) in [5.74, 6) is 0.754. The Kier molecular flexibility index (Phi) is 4.92. The molecule has 0 radical (unpaired) electrons. The van der Waals surface area contributed by atoms with E-state index >= 15 is 0 Å². The van der Waals surface area contributed by atoms with E-state index in [2.05, 4.69) is 32.0 Å². The first kappa shape index (κ1) is 17.1. The molecule has 2 unspecified atom stereocenters. The first-order chi connectivity index (χ1) is 12.8. The third kappa shape index (κ3) is 3.33. The molecule has 1 aliphatic rings. The molecule has 1 aromatic carbocycles. The number of aliphatic hydroxyl groups excluding tert-OH is 2. The van der Waals surface area contributed by atoms with E-state index in [0.717, 1.165) is 27.5 Å². The number of benzene rings is 1. The van der Waals surface area contributed by atoms with E-state index in [1.807, 2.05) is 30.3 Å². The second kappa shape index (κ2) is 7.49. The molecule has 2 aromatic heterocycles. The Morgan fingerprint density at radius 3 is 2.92 bits per heavy atom. The van der Waals surface area contributed by atoms with Gasteiger partial charge in [0.25, 0.3) is 0 Å². The summed E-state index contributed by atoms with van der Waals surface area (Å²) in [5, 5.41) is 22.0. The maximum absolute atomic E-state index is 10.7. The van der Waals surface area contributed by atoms with Gasteiger partial charge in [0.1, 0.15) is 5.65 Å². The number of aromatic amines is 1. The van der Waals surface area contributed by atoms with Crippen molar-refractivity contribution in [3.63, 3.8) is 0 Å². The van der Waals surface area contributed by atoms with Gasteiger partial charge in [0.2, 0.25) is 0 Å². The minimum Gasteiger partial charge on any atom is -0.394 e. The minimum absolute atomic E-state index is 0.00390. The van der Waals surface area contributed by atoms with Crippen LogP contribution in [-0.2, 0) is 6.54 Å². The van der Waals surface area contributed by atoms with Gasteiger partial charge in [-0.25, -0.2) is 9.98 Å². The lowest BCUT2D eigenvalue weighted by atomic mass is 10.2. The van der Waals surface area contributed by atoms with Crippen LogP contribution in [0.1, 0.15) is 17.4 Å². The first-order valence-corrected chi connectivity index (χ1v) is 9.47. The molecular weight excluding hydrogens is 348 g/mol. The zero-order chi connectivity index (χ0) is 17.9. The number of nitrogens with zero attached hydrogens (tertiary/aromatic N) is 3. The Morgan fingerprint density at radius 2 is 2.12 bits per heavy atom. The highest BCUT2D eigenvalue weighted by molar-refractivity contribution is 8.14. The standard InChI is InChI=1S/C19H20N4O2S/c24-11-14-12-26-19(23(14)10-13-5-2-1-3-6-13)22-18(25)16-9-21-17-15(16)7-4-8-20-17/h1-9,14,18,24-25H,10-12H2,(H,20,21)/b22-19-. The van der Waals surface area contributed by atoms with Gasteiger partial charge in [-0.15, -0.1) is 0 Å². The van der Waals surface area contributed by atoms with Crippen LogP contribution in [-0.4, -0.2) is 48.7 Å². The number of hydrogen-bond donors (Lipinski definition) is 3. The summed E-state index contributed by atoms with van der Waals surface area (Å²) in [6, 6.07) is 13.8. The summed E-state index contributed by atoms with van der Waals surface area (Å²) in [4.78, 5) is 13.9. The van der Waals surface area contributed by atoms with E-state index in [1.165, 1.54) is 0 Å². The molecule has 1 fully saturated rings. The smallest absolute Gasteiger partial charge is 0.176 e. The average molecular weight is 368 g/mol. The monoisotopic (exact) mass is 368 g/mol. The SMILES string of the molecule is OCC1CS/C(=N\C(O)c2c[nH]c3ncccc23)N1Cc1ccccc1. The van der Waals surface area contributed by atoms with Crippen LogP contribution in [0.2, 0.25) is 0 Å². The van der Waals surface area contributed by atoms with Crippen molar-refractivity contribution in [2.24, 2.45) is 4.99 Å². The van der Waals surface area contributed by atoms with Gasteiger partial charge >= 0.3 is 0 Å². The Balaban J connectivity index is 1.61. The first-order valence-electron chi connectivity index (χ1n) is 8.48. The van der Waals surface area contributed by atoms with Crippen molar-refractivity contribution in [1.82, 2.24) is 14.9 Å². The van der Waals surface area contributed by atoms with Gasteiger partial charge < -0.3 is 20.1 Å². The number of aromatic nitrogens is 2. The summed E-state index contributed by atoms with van der Waals surface area (Å²) in [6.45, 7) is 0.714. The van der Waals surface area contributed by atoms with Crippen molar-refractivity contribution < 1.29 is 10.2 Å². The van der Waals surface area contributed by atoms with Gasteiger partial charge in [0, 0.05) is 35.6 Å². The van der Waals surface area contributed by atoms with E-state index < -0.39 is 6.23 Å². The summed E-state index contributed by atoms with van der Waals surface area (Å²) < 4.78 is 0. The molecule has 26 heavy (non-hydrogen) atoms. The molecular formula is C19H20N4O2S. The fourth-order valence-electron chi connectivity index (χ4n) is 3.10. The molecule has 3 aromatic rings. The summed E-state index contributed by atoms with van der Waals surface area (Å²) in [5.41, 5.74) is 2.58. The molecule has 3 N–H and O–H groups in total. The average Bonchev–Trinajstić information content (AvgIpc) is 3.27.